The summed E-state index contributed by atoms with van der Waals surface area (Å²) >= 11 is 0. The number of Topliss-reactive ketones (excluding diaryl/α,β-unsaturated/α-hetero) is 1. The van der Waals surface area contributed by atoms with Crippen molar-refractivity contribution in [2.45, 2.75) is 31.6 Å². The third kappa shape index (κ3) is 3.51. The van der Waals surface area contributed by atoms with Crippen molar-refractivity contribution in [3.8, 4) is 22.6 Å². The Morgan fingerprint density at radius 2 is 1.84 bits per heavy atom. The van der Waals surface area contributed by atoms with Gasteiger partial charge in [-0.1, -0.05) is 18.2 Å². The summed E-state index contributed by atoms with van der Waals surface area (Å²) in [6.45, 7) is 2.20. The Hall–Kier alpha value is -3.67. The number of carbonyl (C=O) groups is 2. The molecule has 1 aliphatic carbocycles. The van der Waals surface area contributed by atoms with E-state index in [9.17, 15) is 9.59 Å². The number of aromatic nitrogens is 1. The van der Waals surface area contributed by atoms with Gasteiger partial charge >= 0.3 is 0 Å². The zero-order valence-electron chi connectivity index (χ0n) is 18.1. The maximum absolute atomic E-state index is 13.3. The van der Waals surface area contributed by atoms with Crippen LogP contribution in [0.4, 0.5) is 0 Å². The quantitative estimate of drug-likeness (QED) is 0.642. The van der Waals surface area contributed by atoms with E-state index in [-0.39, 0.29) is 18.5 Å². The molecule has 2 aliphatic rings. The number of carbonyl (C=O) groups excluding carboxylic acids is 2. The first-order chi connectivity index (χ1) is 15.5. The van der Waals surface area contributed by atoms with Gasteiger partial charge in [0.2, 0.25) is 6.79 Å². The summed E-state index contributed by atoms with van der Waals surface area (Å²) in [6.07, 6.45) is 3.75. The highest BCUT2D eigenvalue weighted by Gasteiger charge is 2.51. The van der Waals surface area contributed by atoms with Gasteiger partial charge in [-0.3, -0.25) is 14.6 Å². The molecule has 0 saturated heterocycles. The lowest BCUT2D eigenvalue weighted by Gasteiger charge is -2.16. The zero-order chi connectivity index (χ0) is 22.3. The second kappa shape index (κ2) is 7.79. The maximum Gasteiger partial charge on any atom is 0.251 e. The molecule has 1 N–H and O–H groups in total. The van der Waals surface area contributed by atoms with E-state index >= 15 is 0 Å². The number of benzene rings is 2. The van der Waals surface area contributed by atoms with E-state index in [2.05, 4.69) is 10.3 Å². The topological polar surface area (TPSA) is 77.5 Å². The lowest BCUT2D eigenvalue weighted by molar-refractivity contribution is -0.120. The molecule has 2 aromatic carbocycles. The average molecular weight is 428 g/mol. The Bertz CT molecular complexity index is 1230. The zero-order valence-corrected chi connectivity index (χ0v) is 18.1. The number of rotatable bonds is 6. The monoisotopic (exact) mass is 428 g/mol. The van der Waals surface area contributed by atoms with Crippen LogP contribution in [0.25, 0.3) is 11.1 Å². The minimum atomic E-state index is -0.449. The standard InChI is InChI=1S/C26H24N2O4/c1-16-10-19(17-4-3-5-18(11-17)25(30)27-2)14-28-21(16)13-24(29)26(8-9-26)20-6-7-22-23(12-20)32-15-31-22/h3-7,10-12,14H,8-9,13,15H2,1-2H3,(H,27,30). The number of nitrogens with one attached hydrogen (secondary N) is 1. The summed E-state index contributed by atoms with van der Waals surface area (Å²) in [5.74, 6) is 1.49. The molecular formula is C26H24N2O4. The number of ether oxygens (including phenoxy) is 2. The van der Waals surface area contributed by atoms with Crippen LogP contribution in [0.1, 0.15) is 40.0 Å². The van der Waals surface area contributed by atoms with Crippen LogP contribution < -0.4 is 14.8 Å². The molecule has 0 bridgehead atoms. The fourth-order valence-electron chi connectivity index (χ4n) is 4.30. The highest BCUT2D eigenvalue weighted by Crippen LogP contribution is 2.51. The summed E-state index contributed by atoms with van der Waals surface area (Å²) in [4.78, 5) is 29.9. The van der Waals surface area contributed by atoms with E-state index in [0.29, 0.717) is 17.7 Å². The largest absolute Gasteiger partial charge is 0.454 e. The summed E-state index contributed by atoms with van der Waals surface area (Å²) in [6, 6.07) is 15.3. The Morgan fingerprint density at radius 3 is 2.59 bits per heavy atom. The summed E-state index contributed by atoms with van der Waals surface area (Å²) in [5, 5.41) is 2.64. The molecule has 0 spiro atoms. The third-order valence-electron chi connectivity index (χ3n) is 6.41. The van der Waals surface area contributed by atoms with E-state index in [4.69, 9.17) is 9.47 Å². The van der Waals surface area contributed by atoms with E-state index in [1.54, 1.807) is 19.3 Å². The number of fused-ring (bicyclic) bond motifs is 1. The van der Waals surface area contributed by atoms with Crippen molar-refractivity contribution < 1.29 is 19.1 Å². The van der Waals surface area contributed by atoms with Crippen LogP contribution in [0, 0.1) is 6.92 Å². The molecule has 1 amide bonds. The molecule has 32 heavy (non-hydrogen) atoms. The molecule has 3 aromatic rings. The van der Waals surface area contributed by atoms with Crippen LogP contribution in [-0.4, -0.2) is 30.5 Å². The van der Waals surface area contributed by atoms with Crippen LogP contribution >= 0.6 is 0 Å². The highest BCUT2D eigenvalue weighted by molar-refractivity contribution is 5.96. The van der Waals surface area contributed by atoms with E-state index in [1.807, 2.05) is 49.4 Å². The molecule has 162 valence electrons. The van der Waals surface area contributed by atoms with Crippen LogP contribution in [-0.2, 0) is 16.6 Å². The Kier molecular flexibility index (Phi) is 4.93. The highest BCUT2D eigenvalue weighted by atomic mass is 16.7. The number of aryl methyl sites for hydroxylation is 1. The SMILES string of the molecule is CNC(=O)c1cccc(-c2cnc(CC(=O)C3(c4ccc5c(c4)OCO5)CC3)c(C)c2)c1. The second-order valence-corrected chi connectivity index (χ2v) is 8.40. The summed E-state index contributed by atoms with van der Waals surface area (Å²) < 4.78 is 10.9. The lowest BCUT2D eigenvalue weighted by atomic mass is 9.88. The first-order valence-electron chi connectivity index (χ1n) is 10.7. The van der Waals surface area contributed by atoms with Gasteiger partial charge in [0.15, 0.2) is 11.5 Å². The smallest absolute Gasteiger partial charge is 0.251 e. The van der Waals surface area contributed by atoms with Gasteiger partial charge in [0, 0.05) is 30.8 Å². The van der Waals surface area contributed by atoms with Gasteiger partial charge in [-0.15, -0.1) is 0 Å². The maximum atomic E-state index is 13.3. The van der Waals surface area contributed by atoms with Crippen molar-refractivity contribution >= 4 is 11.7 Å². The number of hydrogen-bond acceptors (Lipinski definition) is 5. The van der Waals surface area contributed by atoms with Gasteiger partial charge < -0.3 is 14.8 Å². The molecule has 1 aromatic heterocycles. The first-order valence-corrected chi connectivity index (χ1v) is 10.7. The number of amides is 1. The molecule has 2 heterocycles. The Balaban J connectivity index is 1.36. The number of ketones is 1. The predicted molar refractivity (Wildman–Crippen MR) is 120 cm³/mol. The van der Waals surface area contributed by atoms with Crippen molar-refractivity contribution in [1.82, 2.24) is 10.3 Å². The van der Waals surface area contributed by atoms with Crippen LogP contribution in [0.2, 0.25) is 0 Å². The fraction of sp³-hybridized carbons (Fsp3) is 0.269. The molecule has 6 heteroatoms. The Labute approximate surface area is 186 Å². The van der Waals surface area contributed by atoms with E-state index in [1.165, 1.54) is 0 Å². The average Bonchev–Trinajstić information content (AvgIpc) is 3.50. The van der Waals surface area contributed by atoms with Gasteiger partial charge in [-0.25, -0.2) is 0 Å². The molecule has 0 unspecified atom stereocenters. The molecule has 1 fully saturated rings. The number of nitrogens with zero attached hydrogens (tertiary/aromatic N) is 1. The molecule has 1 saturated carbocycles. The molecule has 6 nitrogen and oxygen atoms in total. The van der Waals surface area contributed by atoms with Crippen LogP contribution in [0.5, 0.6) is 11.5 Å². The van der Waals surface area contributed by atoms with Crippen molar-refractivity contribution in [3.63, 3.8) is 0 Å². The first kappa shape index (κ1) is 20.2. The van der Waals surface area contributed by atoms with E-state index < -0.39 is 5.41 Å². The molecule has 5 rings (SSSR count). The minimum absolute atomic E-state index is 0.128. The fourth-order valence-corrected chi connectivity index (χ4v) is 4.30. The molecule has 0 radical (unpaired) electrons. The van der Waals surface area contributed by atoms with Gasteiger partial charge in [0.1, 0.15) is 5.78 Å². The normalized spacial score (nSPS) is 15.3. The van der Waals surface area contributed by atoms with Crippen molar-refractivity contribution in [2.75, 3.05) is 13.8 Å². The Morgan fingerprint density at radius 1 is 1.03 bits per heavy atom. The van der Waals surface area contributed by atoms with Crippen molar-refractivity contribution in [3.05, 3.63) is 77.1 Å². The number of pyridine rings is 1. The molecule has 0 atom stereocenters. The van der Waals surface area contributed by atoms with Gasteiger partial charge in [-0.2, -0.15) is 0 Å². The molecule has 1 aliphatic heterocycles. The summed E-state index contributed by atoms with van der Waals surface area (Å²) in [7, 11) is 1.61. The summed E-state index contributed by atoms with van der Waals surface area (Å²) in [5.41, 5.74) is 4.72. The van der Waals surface area contributed by atoms with Gasteiger partial charge in [0.25, 0.3) is 5.91 Å². The van der Waals surface area contributed by atoms with Crippen LogP contribution in [0.3, 0.4) is 0 Å². The third-order valence-corrected chi connectivity index (χ3v) is 6.41. The van der Waals surface area contributed by atoms with Crippen molar-refractivity contribution in [1.29, 1.82) is 0 Å². The minimum Gasteiger partial charge on any atom is -0.454 e. The van der Waals surface area contributed by atoms with Crippen molar-refractivity contribution in [2.24, 2.45) is 0 Å². The second-order valence-electron chi connectivity index (χ2n) is 8.40. The molecular weight excluding hydrogens is 404 g/mol. The predicted octanol–water partition coefficient (Wildman–Crippen LogP) is 3.99. The van der Waals surface area contributed by atoms with Gasteiger partial charge in [0.05, 0.1) is 11.1 Å². The van der Waals surface area contributed by atoms with Crippen LogP contribution in [0.15, 0.2) is 54.7 Å². The van der Waals surface area contributed by atoms with Gasteiger partial charge in [-0.05, 0) is 66.8 Å². The number of hydrogen-bond donors (Lipinski definition) is 1. The lowest BCUT2D eigenvalue weighted by Crippen LogP contribution is -2.23. The van der Waals surface area contributed by atoms with E-state index in [0.717, 1.165) is 46.5 Å².